The molecule has 2 fully saturated rings. The van der Waals surface area contributed by atoms with Gasteiger partial charge in [-0.25, -0.2) is 0 Å². The Labute approximate surface area is 126 Å². The summed E-state index contributed by atoms with van der Waals surface area (Å²) in [6.07, 6.45) is 6.96. The van der Waals surface area contributed by atoms with E-state index in [0.29, 0.717) is 17.9 Å². The quantitative estimate of drug-likeness (QED) is 0.860. The number of nitrogens with two attached hydrogens (primary N) is 1. The maximum absolute atomic E-state index is 12.8. The monoisotopic (exact) mass is 284 g/mol. The van der Waals surface area contributed by atoms with Crippen LogP contribution in [0.15, 0.2) is 18.2 Å². The summed E-state index contributed by atoms with van der Waals surface area (Å²) < 4.78 is 0. The first-order valence-electron chi connectivity index (χ1n) is 8.37. The van der Waals surface area contributed by atoms with Crippen molar-refractivity contribution in [2.45, 2.75) is 44.6 Å². The van der Waals surface area contributed by atoms with Gasteiger partial charge in [0.15, 0.2) is 0 Å². The van der Waals surface area contributed by atoms with Crippen molar-refractivity contribution in [1.82, 2.24) is 4.90 Å². The zero-order chi connectivity index (χ0) is 14.4. The molecule has 1 saturated carbocycles. The van der Waals surface area contributed by atoms with Crippen LogP contribution < -0.4 is 5.73 Å². The van der Waals surface area contributed by atoms with E-state index in [4.69, 9.17) is 5.73 Å². The number of rotatable bonds is 1. The Morgan fingerprint density at radius 1 is 1.10 bits per heavy atom. The Balaban J connectivity index is 1.50. The number of hydrogen-bond donors (Lipinski definition) is 1. The van der Waals surface area contributed by atoms with E-state index >= 15 is 0 Å². The Kier molecular flexibility index (Phi) is 3.26. The van der Waals surface area contributed by atoms with E-state index in [1.54, 1.807) is 0 Å². The average Bonchev–Trinajstić information content (AvgIpc) is 3.11. The minimum Gasteiger partial charge on any atom is -0.338 e. The minimum atomic E-state index is 0.229. The maximum atomic E-state index is 12.8. The van der Waals surface area contributed by atoms with Crippen LogP contribution in [0.1, 0.15) is 47.2 Å². The topological polar surface area (TPSA) is 46.3 Å². The summed E-state index contributed by atoms with van der Waals surface area (Å²) in [4.78, 5) is 14.8. The molecule has 0 bridgehead atoms. The summed E-state index contributed by atoms with van der Waals surface area (Å²) in [6, 6.07) is 6.67. The van der Waals surface area contributed by atoms with E-state index in [1.165, 1.54) is 30.4 Å². The molecule has 112 valence electrons. The molecule has 1 saturated heterocycles. The number of carbonyl (C=O) groups excluding carboxylic acids is 1. The van der Waals surface area contributed by atoms with E-state index in [9.17, 15) is 4.79 Å². The van der Waals surface area contributed by atoms with E-state index in [2.05, 4.69) is 17.0 Å². The van der Waals surface area contributed by atoms with Crippen LogP contribution in [-0.4, -0.2) is 29.9 Å². The van der Waals surface area contributed by atoms with Gasteiger partial charge in [0, 0.05) is 24.7 Å². The van der Waals surface area contributed by atoms with Crippen LogP contribution in [0.4, 0.5) is 0 Å². The van der Waals surface area contributed by atoms with Gasteiger partial charge in [-0.2, -0.15) is 0 Å². The SMILES string of the molecule is NC1CC[C@@H]2CN(C(=O)c3ccc4c(c3)CCC4)C[C@@H]2C1. The number of nitrogens with zero attached hydrogens (tertiary/aromatic N) is 1. The predicted molar refractivity (Wildman–Crippen MR) is 83.2 cm³/mol. The number of fused-ring (bicyclic) bond motifs is 2. The molecule has 3 atom stereocenters. The molecule has 1 aromatic carbocycles. The highest BCUT2D eigenvalue weighted by Gasteiger charge is 2.38. The van der Waals surface area contributed by atoms with Crippen molar-refractivity contribution in [3.8, 4) is 0 Å². The molecular weight excluding hydrogens is 260 g/mol. The van der Waals surface area contributed by atoms with Crippen molar-refractivity contribution < 1.29 is 4.79 Å². The molecule has 0 radical (unpaired) electrons. The summed E-state index contributed by atoms with van der Waals surface area (Å²) >= 11 is 0. The second-order valence-electron chi connectivity index (χ2n) is 7.14. The van der Waals surface area contributed by atoms with E-state index in [0.717, 1.165) is 37.9 Å². The Morgan fingerprint density at radius 3 is 2.81 bits per heavy atom. The summed E-state index contributed by atoms with van der Waals surface area (Å²) in [6.45, 7) is 1.85. The molecular formula is C18H24N2O. The molecule has 0 aromatic heterocycles. The highest BCUT2D eigenvalue weighted by Crippen LogP contribution is 2.36. The van der Waals surface area contributed by atoms with Gasteiger partial charge in [0.2, 0.25) is 0 Å². The summed E-state index contributed by atoms with van der Waals surface area (Å²) in [7, 11) is 0. The first-order chi connectivity index (χ1) is 10.2. The fraction of sp³-hybridized carbons (Fsp3) is 0.611. The van der Waals surface area contributed by atoms with Gasteiger partial charge in [0.1, 0.15) is 0 Å². The van der Waals surface area contributed by atoms with E-state index in [-0.39, 0.29) is 5.91 Å². The van der Waals surface area contributed by atoms with Crippen molar-refractivity contribution >= 4 is 5.91 Å². The van der Waals surface area contributed by atoms with Crippen LogP contribution in [0.25, 0.3) is 0 Å². The number of benzene rings is 1. The largest absolute Gasteiger partial charge is 0.338 e. The van der Waals surface area contributed by atoms with Gasteiger partial charge in [-0.1, -0.05) is 6.07 Å². The zero-order valence-electron chi connectivity index (χ0n) is 12.6. The van der Waals surface area contributed by atoms with Crippen LogP contribution >= 0.6 is 0 Å². The normalized spacial score (nSPS) is 31.1. The van der Waals surface area contributed by atoms with Crippen molar-refractivity contribution in [2.24, 2.45) is 17.6 Å². The molecule has 4 rings (SSSR count). The highest BCUT2D eigenvalue weighted by atomic mass is 16.2. The number of aryl methyl sites for hydroxylation is 2. The van der Waals surface area contributed by atoms with Gasteiger partial charge in [-0.05, 0) is 73.6 Å². The van der Waals surface area contributed by atoms with Gasteiger partial charge in [0.05, 0.1) is 0 Å². The molecule has 1 unspecified atom stereocenters. The number of likely N-dealkylation sites (tertiary alicyclic amines) is 1. The molecule has 2 N–H and O–H groups in total. The predicted octanol–water partition coefficient (Wildman–Crippen LogP) is 2.37. The van der Waals surface area contributed by atoms with Gasteiger partial charge in [-0.3, -0.25) is 4.79 Å². The number of hydrogen-bond acceptors (Lipinski definition) is 2. The van der Waals surface area contributed by atoms with Crippen LogP contribution in [0.2, 0.25) is 0 Å². The van der Waals surface area contributed by atoms with E-state index in [1.807, 2.05) is 6.07 Å². The van der Waals surface area contributed by atoms with Crippen molar-refractivity contribution in [1.29, 1.82) is 0 Å². The van der Waals surface area contributed by atoms with E-state index < -0.39 is 0 Å². The Morgan fingerprint density at radius 2 is 1.90 bits per heavy atom. The molecule has 1 aliphatic heterocycles. The molecule has 1 aromatic rings. The smallest absolute Gasteiger partial charge is 0.253 e. The third-order valence-electron chi connectivity index (χ3n) is 5.72. The van der Waals surface area contributed by atoms with Gasteiger partial charge >= 0.3 is 0 Å². The summed E-state index contributed by atoms with van der Waals surface area (Å²) in [5.41, 5.74) is 9.79. The molecule has 21 heavy (non-hydrogen) atoms. The molecule has 3 nitrogen and oxygen atoms in total. The first-order valence-corrected chi connectivity index (χ1v) is 8.37. The maximum Gasteiger partial charge on any atom is 0.253 e. The standard InChI is InChI=1S/C18H24N2O/c19-17-7-6-15-10-20(11-16(15)9-17)18(21)14-5-4-12-2-1-3-13(12)8-14/h4-5,8,15-17H,1-3,6-7,9-11,19H2/t15-,16+,17?/m1/s1. The Bertz CT molecular complexity index is 568. The summed E-state index contributed by atoms with van der Waals surface area (Å²) in [5, 5.41) is 0. The molecule has 0 spiro atoms. The fourth-order valence-electron chi connectivity index (χ4n) is 4.52. The molecule has 1 heterocycles. The average molecular weight is 284 g/mol. The molecule has 3 heteroatoms. The lowest BCUT2D eigenvalue weighted by atomic mass is 9.79. The van der Waals surface area contributed by atoms with Crippen LogP contribution in [0, 0.1) is 11.8 Å². The lowest BCUT2D eigenvalue weighted by molar-refractivity contribution is 0.0784. The lowest BCUT2D eigenvalue weighted by Gasteiger charge is -2.27. The van der Waals surface area contributed by atoms with Gasteiger partial charge in [-0.15, -0.1) is 0 Å². The van der Waals surface area contributed by atoms with Gasteiger partial charge < -0.3 is 10.6 Å². The van der Waals surface area contributed by atoms with Crippen LogP contribution in [0.3, 0.4) is 0 Å². The van der Waals surface area contributed by atoms with Gasteiger partial charge in [0.25, 0.3) is 5.91 Å². The third-order valence-corrected chi connectivity index (χ3v) is 5.72. The zero-order valence-corrected chi connectivity index (χ0v) is 12.6. The van der Waals surface area contributed by atoms with Crippen molar-refractivity contribution in [3.05, 3.63) is 34.9 Å². The van der Waals surface area contributed by atoms with Crippen molar-refractivity contribution in [3.63, 3.8) is 0 Å². The third kappa shape index (κ3) is 2.38. The second-order valence-corrected chi connectivity index (χ2v) is 7.14. The Hall–Kier alpha value is -1.35. The van der Waals surface area contributed by atoms with Crippen molar-refractivity contribution in [2.75, 3.05) is 13.1 Å². The van der Waals surface area contributed by atoms with Crippen LogP contribution in [0.5, 0.6) is 0 Å². The first kappa shape index (κ1) is 13.3. The second kappa shape index (κ2) is 5.13. The summed E-state index contributed by atoms with van der Waals surface area (Å²) in [5.74, 6) is 1.54. The molecule has 2 aliphatic carbocycles. The molecule has 3 aliphatic rings. The lowest BCUT2D eigenvalue weighted by Crippen LogP contribution is -2.32. The van der Waals surface area contributed by atoms with Crippen LogP contribution in [-0.2, 0) is 12.8 Å². The number of amides is 1. The molecule has 1 amide bonds. The minimum absolute atomic E-state index is 0.229. The fourth-order valence-corrected chi connectivity index (χ4v) is 4.52. The highest BCUT2D eigenvalue weighted by molar-refractivity contribution is 5.94. The number of carbonyl (C=O) groups is 1.